The zero-order valence-corrected chi connectivity index (χ0v) is 17.5. The van der Waals surface area contributed by atoms with Gasteiger partial charge in [0.1, 0.15) is 5.76 Å². The molecule has 2 aromatic heterocycles. The number of nitrogens with zero attached hydrogens (tertiary/aromatic N) is 2. The first-order valence-electron chi connectivity index (χ1n) is 9.47. The van der Waals surface area contributed by atoms with Crippen molar-refractivity contribution >= 4 is 21.6 Å². The molecule has 2 N–H and O–H groups in total. The molecule has 4 rings (SSSR count). The summed E-state index contributed by atoms with van der Waals surface area (Å²) in [6.45, 7) is 2.01. The minimum atomic E-state index is -3.69. The van der Waals surface area contributed by atoms with E-state index in [1.807, 2.05) is 25.1 Å². The molecular formula is C22H20N4O4S. The van der Waals surface area contributed by atoms with Crippen LogP contribution in [0.4, 0.5) is 5.69 Å². The van der Waals surface area contributed by atoms with Crippen molar-refractivity contribution in [2.24, 2.45) is 0 Å². The first-order chi connectivity index (χ1) is 14.9. The van der Waals surface area contributed by atoms with Gasteiger partial charge in [-0.15, -0.1) is 0 Å². The Morgan fingerprint density at radius 3 is 2.39 bits per heavy atom. The summed E-state index contributed by atoms with van der Waals surface area (Å²) in [5, 5.41) is 7.01. The standard InChI is InChI=1S/C22H20N4O4S/c1-16-12-13-23-26(16)19-8-4-17(5-9-19)22(27)25-18-6-10-21(11-7-18)31(28,29)24-15-20-3-2-14-30-20/h2-14,24H,15H2,1H3,(H,25,27). The molecular weight excluding hydrogens is 416 g/mol. The second kappa shape index (κ2) is 8.58. The van der Waals surface area contributed by atoms with Gasteiger partial charge in [-0.1, -0.05) is 0 Å². The third kappa shape index (κ3) is 4.73. The van der Waals surface area contributed by atoms with E-state index in [4.69, 9.17) is 4.42 Å². The summed E-state index contributed by atoms with van der Waals surface area (Å²) in [7, 11) is -3.69. The van der Waals surface area contributed by atoms with E-state index in [0.29, 0.717) is 17.0 Å². The van der Waals surface area contributed by atoms with Crippen molar-refractivity contribution in [1.82, 2.24) is 14.5 Å². The molecule has 0 aliphatic carbocycles. The van der Waals surface area contributed by atoms with Crippen molar-refractivity contribution in [2.45, 2.75) is 18.4 Å². The lowest BCUT2D eigenvalue weighted by molar-refractivity contribution is 0.102. The molecule has 158 valence electrons. The molecule has 0 unspecified atom stereocenters. The summed E-state index contributed by atoms with van der Waals surface area (Å²) >= 11 is 0. The zero-order chi connectivity index (χ0) is 21.8. The van der Waals surface area contributed by atoms with E-state index >= 15 is 0 Å². The molecule has 0 saturated carbocycles. The van der Waals surface area contributed by atoms with Crippen LogP contribution >= 0.6 is 0 Å². The van der Waals surface area contributed by atoms with E-state index in [2.05, 4.69) is 15.1 Å². The van der Waals surface area contributed by atoms with Gasteiger partial charge in [0.15, 0.2) is 0 Å². The Hall–Kier alpha value is -3.69. The Kier molecular flexibility index (Phi) is 5.70. The molecule has 0 spiro atoms. The van der Waals surface area contributed by atoms with E-state index in [-0.39, 0.29) is 17.3 Å². The number of benzene rings is 2. The van der Waals surface area contributed by atoms with Crippen LogP contribution < -0.4 is 10.0 Å². The van der Waals surface area contributed by atoms with E-state index < -0.39 is 10.0 Å². The summed E-state index contributed by atoms with van der Waals surface area (Å²) < 4.78 is 34.1. The Morgan fingerprint density at radius 1 is 1.03 bits per heavy atom. The molecule has 9 heteroatoms. The number of amides is 1. The number of nitrogens with one attached hydrogen (secondary N) is 2. The van der Waals surface area contributed by atoms with E-state index in [1.54, 1.807) is 47.3 Å². The predicted octanol–water partition coefficient (Wildman–Crippen LogP) is 3.50. The molecule has 0 bridgehead atoms. The van der Waals surface area contributed by atoms with Gasteiger partial charge in [-0.3, -0.25) is 4.79 Å². The topological polar surface area (TPSA) is 106 Å². The second-order valence-electron chi connectivity index (χ2n) is 6.81. The summed E-state index contributed by atoms with van der Waals surface area (Å²) in [5.74, 6) is 0.219. The quantitative estimate of drug-likeness (QED) is 0.461. The minimum absolute atomic E-state index is 0.0574. The second-order valence-corrected chi connectivity index (χ2v) is 8.58. The molecule has 0 saturated heterocycles. The highest BCUT2D eigenvalue weighted by molar-refractivity contribution is 7.89. The van der Waals surface area contributed by atoms with Gasteiger partial charge in [-0.2, -0.15) is 5.10 Å². The maximum atomic E-state index is 12.5. The highest BCUT2D eigenvalue weighted by Crippen LogP contribution is 2.17. The van der Waals surface area contributed by atoms with Crippen LogP contribution in [0.25, 0.3) is 5.69 Å². The lowest BCUT2D eigenvalue weighted by Crippen LogP contribution is -2.23. The van der Waals surface area contributed by atoms with Gasteiger partial charge in [0.2, 0.25) is 10.0 Å². The Morgan fingerprint density at radius 2 is 1.77 bits per heavy atom. The molecule has 0 aliphatic heterocycles. The monoisotopic (exact) mass is 436 g/mol. The van der Waals surface area contributed by atoms with Crippen LogP contribution in [0.3, 0.4) is 0 Å². The number of furan rings is 1. The number of carbonyl (C=O) groups is 1. The fraction of sp³-hybridized carbons (Fsp3) is 0.0909. The van der Waals surface area contributed by atoms with Crippen LogP contribution in [0.15, 0.2) is 88.5 Å². The number of hydrogen-bond donors (Lipinski definition) is 2. The van der Waals surface area contributed by atoms with Gasteiger partial charge in [0.05, 0.1) is 23.4 Å². The SMILES string of the molecule is Cc1ccnn1-c1ccc(C(=O)Nc2ccc(S(=O)(=O)NCc3ccco3)cc2)cc1. The highest BCUT2D eigenvalue weighted by atomic mass is 32.2. The van der Waals surface area contributed by atoms with Crippen LogP contribution in [-0.2, 0) is 16.6 Å². The van der Waals surface area contributed by atoms with Crippen molar-refractivity contribution in [3.63, 3.8) is 0 Å². The lowest BCUT2D eigenvalue weighted by Gasteiger charge is -2.09. The molecule has 0 fully saturated rings. The van der Waals surface area contributed by atoms with Crippen LogP contribution in [-0.4, -0.2) is 24.1 Å². The van der Waals surface area contributed by atoms with Gasteiger partial charge in [-0.25, -0.2) is 17.8 Å². The van der Waals surface area contributed by atoms with Gasteiger partial charge >= 0.3 is 0 Å². The fourth-order valence-electron chi connectivity index (χ4n) is 2.98. The Balaban J connectivity index is 1.40. The van der Waals surface area contributed by atoms with Gasteiger partial charge in [0.25, 0.3) is 5.91 Å². The van der Waals surface area contributed by atoms with Crippen molar-refractivity contribution in [2.75, 3.05) is 5.32 Å². The molecule has 2 aromatic carbocycles. The number of aryl methyl sites for hydroxylation is 1. The van der Waals surface area contributed by atoms with Crippen LogP contribution in [0.5, 0.6) is 0 Å². The van der Waals surface area contributed by atoms with Gasteiger partial charge in [-0.05, 0) is 73.7 Å². The molecule has 4 aromatic rings. The highest BCUT2D eigenvalue weighted by Gasteiger charge is 2.15. The number of aromatic nitrogens is 2. The van der Waals surface area contributed by atoms with Gasteiger partial charge in [0, 0.05) is 23.1 Å². The number of sulfonamides is 1. The van der Waals surface area contributed by atoms with Crippen molar-refractivity contribution < 1.29 is 17.6 Å². The molecule has 1 amide bonds. The smallest absolute Gasteiger partial charge is 0.255 e. The molecule has 2 heterocycles. The number of anilines is 1. The Labute approximate surface area is 179 Å². The first-order valence-corrected chi connectivity index (χ1v) is 11.0. The van der Waals surface area contributed by atoms with Crippen LogP contribution in [0.1, 0.15) is 21.8 Å². The maximum Gasteiger partial charge on any atom is 0.255 e. The molecule has 0 aliphatic rings. The average molecular weight is 436 g/mol. The zero-order valence-electron chi connectivity index (χ0n) is 16.6. The molecule has 8 nitrogen and oxygen atoms in total. The first kappa shape index (κ1) is 20.6. The maximum absolute atomic E-state index is 12.5. The third-order valence-electron chi connectivity index (χ3n) is 4.65. The third-order valence-corrected chi connectivity index (χ3v) is 6.06. The molecule has 0 radical (unpaired) electrons. The van der Waals surface area contributed by atoms with E-state index in [1.165, 1.54) is 18.4 Å². The summed E-state index contributed by atoms with van der Waals surface area (Å²) in [6, 6.07) is 18.3. The van der Waals surface area contributed by atoms with Crippen molar-refractivity contribution in [3.8, 4) is 5.69 Å². The summed E-state index contributed by atoms with van der Waals surface area (Å²) in [4.78, 5) is 12.6. The fourth-order valence-corrected chi connectivity index (χ4v) is 3.97. The van der Waals surface area contributed by atoms with Crippen molar-refractivity contribution in [1.29, 1.82) is 0 Å². The molecule has 0 atom stereocenters. The lowest BCUT2D eigenvalue weighted by atomic mass is 10.2. The van der Waals surface area contributed by atoms with Gasteiger partial charge < -0.3 is 9.73 Å². The normalized spacial score (nSPS) is 11.4. The largest absolute Gasteiger partial charge is 0.468 e. The Bertz CT molecular complexity index is 1280. The summed E-state index contributed by atoms with van der Waals surface area (Å²) in [5.41, 5.74) is 2.81. The minimum Gasteiger partial charge on any atom is -0.468 e. The summed E-state index contributed by atoms with van der Waals surface area (Å²) in [6.07, 6.45) is 3.19. The molecule has 31 heavy (non-hydrogen) atoms. The average Bonchev–Trinajstić information content (AvgIpc) is 3.44. The van der Waals surface area contributed by atoms with Crippen molar-refractivity contribution in [3.05, 3.63) is 96.2 Å². The van der Waals surface area contributed by atoms with E-state index in [9.17, 15) is 13.2 Å². The van der Waals surface area contributed by atoms with Crippen LogP contribution in [0, 0.1) is 6.92 Å². The predicted molar refractivity (Wildman–Crippen MR) is 115 cm³/mol. The van der Waals surface area contributed by atoms with E-state index in [0.717, 1.165) is 11.4 Å². The number of rotatable bonds is 7. The number of hydrogen-bond acceptors (Lipinski definition) is 5. The number of carbonyl (C=O) groups excluding carboxylic acids is 1. The van der Waals surface area contributed by atoms with Crippen LogP contribution in [0.2, 0.25) is 0 Å².